The molecule has 4 fully saturated rings. The van der Waals surface area contributed by atoms with Crippen LogP contribution in [0.3, 0.4) is 0 Å². The van der Waals surface area contributed by atoms with Crippen LogP contribution in [-0.4, -0.2) is 29.1 Å². The summed E-state index contributed by atoms with van der Waals surface area (Å²) >= 11 is 0. The molecule has 5 rings (SSSR count). The van der Waals surface area contributed by atoms with Crippen molar-refractivity contribution < 1.29 is 19.1 Å². The molecular weight excluding hydrogens is 340 g/mol. The molecule has 1 saturated heterocycles. The van der Waals surface area contributed by atoms with E-state index in [-0.39, 0.29) is 28.7 Å². The highest BCUT2D eigenvalue weighted by Gasteiger charge is 2.78. The maximum Gasteiger partial charge on any atom is 0.302 e. The highest BCUT2D eigenvalue weighted by Crippen LogP contribution is 2.73. The van der Waals surface area contributed by atoms with Gasteiger partial charge in [-0.3, -0.25) is 9.59 Å². The van der Waals surface area contributed by atoms with Gasteiger partial charge in [-0.15, -0.1) is 0 Å². The molecule has 0 N–H and O–H groups in total. The molecule has 7 atom stereocenters. The second-order valence-corrected chi connectivity index (χ2v) is 10.1. The summed E-state index contributed by atoms with van der Waals surface area (Å²) < 4.78 is 12.2. The molecule has 1 unspecified atom stereocenters. The Morgan fingerprint density at radius 3 is 2.78 bits per heavy atom. The zero-order chi connectivity index (χ0) is 19.0. The minimum atomic E-state index is -0.177. The molecule has 148 valence electrons. The van der Waals surface area contributed by atoms with Gasteiger partial charge in [-0.1, -0.05) is 12.5 Å². The summed E-state index contributed by atoms with van der Waals surface area (Å²) in [4.78, 5) is 23.3. The summed E-state index contributed by atoms with van der Waals surface area (Å²) in [6.45, 7) is 5.97. The SMILES string of the molecule is CC(=O)OC(C)[C@H]1CC[C@@]23O[C@@]2(CC[C@H]2[C@H]3CCC3=CC(=O)CC[C@@]32C)C1. The third-order valence-corrected chi connectivity index (χ3v) is 9.05. The first-order chi connectivity index (χ1) is 12.8. The summed E-state index contributed by atoms with van der Waals surface area (Å²) in [5, 5.41) is 0. The highest BCUT2D eigenvalue weighted by atomic mass is 16.6. The maximum absolute atomic E-state index is 12.0. The quantitative estimate of drug-likeness (QED) is 0.534. The lowest BCUT2D eigenvalue weighted by Crippen LogP contribution is -2.54. The number of hydrogen-bond donors (Lipinski definition) is 0. The molecule has 4 aliphatic carbocycles. The molecule has 0 bridgehead atoms. The molecule has 1 heterocycles. The van der Waals surface area contributed by atoms with Crippen molar-refractivity contribution in [3.05, 3.63) is 11.6 Å². The Kier molecular flexibility index (Phi) is 3.77. The number of rotatable bonds is 2. The monoisotopic (exact) mass is 372 g/mol. The molecule has 0 spiro atoms. The van der Waals surface area contributed by atoms with E-state index in [1.54, 1.807) is 0 Å². The Bertz CT molecular complexity index is 726. The molecular formula is C23H32O4. The van der Waals surface area contributed by atoms with Crippen LogP contribution in [-0.2, 0) is 19.1 Å². The van der Waals surface area contributed by atoms with Gasteiger partial charge in [0.05, 0.1) is 5.60 Å². The summed E-state index contributed by atoms with van der Waals surface area (Å²) in [7, 11) is 0. The molecule has 0 amide bonds. The summed E-state index contributed by atoms with van der Waals surface area (Å²) in [6, 6.07) is 0. The van der Waals surface area contributed by atoms with Crippen molar-refractivity contribution in [2.75, 3.05) is 0 Å². The van der Waals surface area contributed by atoms with Gasteiger partial charge in [0.15, 0.2) is 5.78 Å². The number of hydrogen-bond acceptors (Lipinski definition) is 4. The van der Waals surface area contributed by atoms with Crippen molar-refractivity contribution >= 4 is 11.8 Å². The molecule has 3 saturated carbocycles. The van der Waals surface area contributed by atoms with Crippen LogP contribution in [0.2, 0.25) is 0 Å². The van der Waals surface area contributed by atoms with Crippen LogP contribution >= 0.6 is 0 Å². The van der Waals surface area contributed by atoms with Gasteiger partial charge in [0.2, 0.25) is 0 Å². The van der Waals surface area contributed by atoms with Crippen LogP contribution in [0.4, 0.5) is 0 Å². The number of esters is 1. The lowest BCUT2D eigenvalue weighted by molar-refractivity contribution is -0.149. The number of carbonyl (C=O) groups excluding carboxylic acids is 2. The van der Waals surface area contributed by atoms with Gasteiger partial charge in [-0.05, 0) is 87.5 Å². The number of allylic oxidation sites excluding steroid dienone is 2. The van der Waals surface area contributed by atoms with E-state index in [0.29, 0.717) is 30.0 Å². The Hall–Kier alpha value is -1.16. The van der Waals surface area contributed by atoms with Crippen LogP contribution in [0, 0.1) is 23.2 Å². The lowest BCUT2D eigenvalue weighted by Gasteiger charge is -2.55. The van der Waals surface area contributed by atoms with E-state index in [2.05, 4.69) is 6.92 Å². The van der Waals surface area contributed by atoms with E-state index < -0.39 is 0 Å². The molecule has 0 aromatic heterocycles. The average Bonchev–Trinajstić information content (AvgIpc) is 3.31. The Labute approximate surface area is 162 Å². The van der Waals surface area contributed by atoms with E-state index in [4.69, 9.17) is 9.47 Å². The van der Waals surface area contributed by atoms with Crippen molar-refractivity contribution in [1.29, 1.82) is 0 Å². The fourth-order valence-electron chi connectivity index (χ4n) is 7.64. The summed E-state index contributed by atoms with van der Waals surface area (Å²) in [5.41, 5.74) is 1.72. The third kappa shape index (κ3) is 2.38. The van der Waals surface area contributed by atoms with Gasteiger partial charge < -0.3 is 9.47 Å². The smallest absolute Gasteiger partial charge is 0.302 e. The number of ether oxygens (including phenoxy) is 2. The van der Waals surface area contributed by atoms with Crippen LogP contribution in [0.15, 0.2) is 11.6 Å². The first-order valence-corrected chi connectivity index (χ1v) is 10.9. The number of ketones is 1. The normalized spacial score (nSPS) is 48.9. The molecule has 27 heavy (non-hydrogen) atoms. The molecule has 0 aromatic carbocycles. The Balaban J connectivity index is 1.38. The van der Waals surface area contributed by atoms with Gasteiger partial charge in [0.25, 0.3) is 0 Å². The van der Waals surface area contributed by atoms with E-state index in [1.165, 1.54) is 25.3 Å². The number of epoxide rings is 1. The van der Waals surface area contributed by atoms with Crippen LogP contribution in [0.5, 0.6) is 0 Å². The van der Waals surface area contributed by atoms with Crippen molar-refractivity contribution in [1.82, 2.24) is 0 Å². The summed E-state index contributed by atoms with van der Waals surface area (Å²) in [5.74, 6) is 1.86. The van der Waals surface area contributed by atoms with Gasteiger partial charge >= 0.3 is 5.97 Å². The van der Waals surface area contributed by atoms with E-state index in [0.717, 1.165) is 38.5 Å². The fourth-order valence-corrected chi connectivity index (χ4v) is 7.64. The molecule has 4 nitrogen and oxygen atoms in total. The summed E-state index contributed by atoms with van der Waals surface area (Å²) in [6.07, 6.45) is 11.5. The largest absolute Gasteiger partial charge is 0.463 e. The molecule has 0 radical (unpaired) electrons. The van der Waals surface area contributed by atoms with E-state index in [1.807, 2.05) is 13.0 Å². The number of fused-ring (bicyclic) bond motifs is 3. The molecule has 0 aromatic rings. The minimum absolute atomic E-state index is 0.0143. The van der Waals surface area contributed by atoms with E-state index in [9.17, 15) is 9.59 Å². The predicted octanol–water partition coefficient (Wildman–Crippen LogP) is 4.36. The van der Waals surface area contributed by atoms with Crippen LogP contribution in [0.1, 0.15) is 78.6 Å². The first-order valence-electron chi connectivity index (χ1n) is 10.9. The van der Waals surface area contributed by atoms with Crippen LogP contribution < -0.4 is 0 Å². The fraction of sp³-hybridized carbons (Fsp3) is 0.826. The van der Waals surface area contributed by atoms with Gasteiger partial charge in [-0.25, -0.2) is 0 Å². The highest BCUT2D eigenvalue weighted by molar-refractivity contribution is 5.91. The van der Waals surface area contributed by atoms with E-state index >= 15 is 0 Å². The standard InChI is InChI=1S/C23H32O4/c1-14(26-15(2)24)16-6-11-23-20-5-4-17-12-18(25)7-9-21(17,3)19(20)8-10-22(23,13-16)27-23/h12,14,16,19-20H,4-11,13H2,1-3H3/t14?,16-,19-,20+,21-,22-,23-/m0/s1. The zero-order valence-electron chi connectivity index (χ0n) is 16.9. The van der Waals surface area contributed by atoms with Crippen molar-refractivity contribution in [3.8, 4) is 0 Å². The van der Waals surface area contributed by atoms with Crippen molar-refractivity contribution in [2.24, 2.45) is 23.2 Å². The van der Waals surface area contributed by atoms with Crippen molar-refractivity contribution in [2.45, 2.75) is 95.9 Å². The van der Waals surface area contributed by atoms with Gasteiger partial charge in [0.1, 0.15) is 11.7 Å². The third-order valence-electron chi connectivity index (χ3n) is 9.05. The molecule has 5 aliphatic rings. The second-order valence-electron chi connectivity index (χ2n) is 10.1. The molecule has 4 heteroatoms. The van der Waals surface area contributed by atoms with Crippen molar-refractivity contribution in [3.63, 3.8) is 0 Å². The Morgan fingerprint density at radius 2 is 2.00 bits per heavy atom. The average molecular weight is 373 g/mol. The molecule has 1 aliphatic heterocycles. The predicted molar refractivity (Wildman–Crippen MR) is 101 cm³/mol. The van der Waals surface area contributed by atoms with Gasteiger partial charge in [0, 0.05) is 13.3 Å². The number of carbonyl (C=O) groups is 2. The topological polar surface area (TPSA) is 55.9 Å². The zero-order valence-corrected chi connectivity index (χ0v) is 16.9. The Morgan fingerprint density at radius 1 is 1.19 bits per heavy atom. The van der Waals surface area contributed by atoms with Crippen LogP contribution in [0.25, 0.3) is 0 Å². The van der Waals surface area contributed by atoms with Gasteiger partial charge in [-0.2, -0.15) is 0 Å². The lowest BCUT2D eigenvalue weighted by atomic mass is 9.47. The first kappa shape index (κ1) is 17.9. The maximum atomic E-state index is 12.0. The minimum Gasteiger partial charge on any atom is -0.463 e. The second kappa shape index (κ2) is 5.68.